The van der Waals surface area contributed by atoms with Crippen LogP contribution in [-0.2, 0) is 0 Å². The van der Waals surface area contributed by atoms with E-state index in [-0.39, 0.29) is 6.61 Å². The van der Waals surface area contributed by atoms with E-state index in [1.807, 2.05) is 6.07 Å². The Labute approximate surface area is 88.9 Å². The predicted octanol–water partition coefficient (Wildman–Crippen LogP) is 0.267. The lowest BCUT2D eigenvalue weighted by atomic mass is 10.1. The second-order valence-corrected chi connectivity index (χ2v) is 3.89. The van der Waals surface area contributed by atoms with Crippen LogP contribution in [0.1, 0.15) is 12.8 Å². The predicted molar refractivity (Wildman–Crippen MR) is 58.5 cm³/mol. The van der Waals surface area contributed by atoms with Crippen molar-refractivity contribution in [1.29, 1.82) is 0 Å². The summed E-state index contributed by atoms with van der Waals surface area (Å²) in [6, 6.07) is 1.87. The van der Waals surface area contributed by atoms with Gasteiger partial charge in [-0.05, 0) is 24.8 Å². The Morgan fingerprint density at radius 3 is 3.20 bits per heavy atom. The highest BCUT2D eigenvalue weighted by Gasteiger charge is 2.22. The molecule has 1 fully saturated rings. The van der Waals surface area contributed by atoms with Gasteiger partial charge in [0.2, 0.25) is 5.95 Å². The third kappa shape index (κ3) is 2.36. The van der Waals surface area contributed by atoms with E-state index in [0.29, 0.717) is 11.9 Å². The number of hydrogen-bond acceptors (Lipinski definition) is 5. The topological polar surface area (TPSA) is 75.3 Å². The second-order valence-electron chi connectivity index (χ2n) is 3.89. The van der Waals surface area contributed by atoms with Crippen molar-refractivity contribution in [2.75, 3.05) is 30.3 Å². The lowest BCUT2D eigenvalue weighted by molar-refractivity contribution is 0.263. The summed E-state index contributed by atoms with van der Waals surface area (Å²) in [5.74, 6) is 1.78. The molecule has 3 N–H and O–H groups in total. The standard InChI is InChI=1S/C10H16N4O/c11-10-12-4-1-9(13-10)14-5-2-8(7-14)3-6-15/h1,4,8,15H,2-3,5-7H2,(H2,11,12,13). The molecule has 1 aromatic heterocycles. The largest absolute Gasteiger partial charge is 0.396 e. The van der Waals surface area contributed by atoms with Crippen molar-refractivity contribution in [2.24, 2.45) is 5.92 Å². The Morgan fingerprint density at radius 1 is 1.60 bits per heavy atom. The molecule has 0 radical (unpaired) electrons. The van der Waals surface area contributed by atoms with Gasteiger partial charge in [0, 0.05) is 25.9 Å². The molecule has 82 valence electrons. The summed E-state index contributed by atoms with van der Waals surface area (Å²) in [5, 5.41) is 8.86. The maximum absolute atomic E-state index is 8.86. The molecule has 1 aliphatic rings. The Hall–Kier alpha value is -1.36. The molecule has 1 aromatic rings. The molecule has 0 aromatic carbocycles. The number of rotatable bonds is 3. The Balaban J connectivity index is 2.01. The van der Waals surface area contributed by atoms with E-state index < -0.39 is 0 Å². The first-order valence-electron chi connectivity index (χ1n) is 5.24. The van der Waals surface area contributed by atoms with Crippen LogP contribution in [0.3, 0.4) is 0 Å². The van der Waals surface area contributed by atoms with Gasteiger partial charge in [-0.2, -0.15) is 4.98 Å². The molecule has 2 heterocycles. The average molecular weight is 208 g/mol. The SMILES string of the molecule is Nc1nccc(N2CCC(CCO)C2)n1. The maximum atomic E-state index is 8.86. The summed E-state index contributed by atoms with van der Waals surface area (Å²) in [6.45, 7) is 2.21. The van der Waals surface area contributed by atoms with E-state index in [0.717, 1.165) is 31.7 Å². The molecular weight excluding hydrogens is 192 g/mol. The highest BCUT2D eigenvalue weighted by molar-refractivity contribution is 5.41. The molecule has 0 amide bonds. The van der Waals surface area contributed by atoms with Crippen LogP contribution in [0.5, 0.6) is 0 Å². The van der Waals surface area contributed by atoms with E-state index in [2.05, 4.69) is 14.9 Å². The van der Waals surface area contributed by atoms with Crippen LogP contribution in [-0.4, -0.2) is 34.8 Å². The van der Waals surface area contributed by atoms with Crippen molar-refractivity contribution in [1.82, 2.24) is 9.97 Å². The van der Waals surface area contributed by atoms with Gasteiger partial charge in [-0.15, -0.1) is 0 Å². The van der Waals surface area contributed by atoms with Crippen molar-refractivity contribution in [3.8, 4) is 0 Å². The van der Waals surface area contributed by atoms with Crippen LogP contribution in [0.15, 0.2) is 12.3 Å². The minimum Gasteiger partial charge on any atom is -0.396 e. The van der Waals surface area contributed by atoms with Crippen LogP contribution in [0.4, 0.5) is 11.8 Å². The number of aromatic nitrogens is 2. The number of hydrogen-bond donors (Lipinski definition) is 2. The lowest BCUT2D eigenvalue weighted by Crippen LogP contribution is -2.21. The van der Waals surface area contributed by atoms with Gasteiger partial charge in [-0.1, -0.05) is 0 Å². The second kappa shape index (κ2) is 4.44. The highest BCUT2D eigenvalue weighted by atomic mass is 16.3. The summed E-state index contributed by atoms with van der Waals surface area (Å²) in [5.41, 5.74) is 5.53. The molecule has 5 nitrogen and oxygen atoms in total. The summed E-state index contributed by atoms with van der Waals surface area (Å²) in [7, 11) is 0. The van der Waals surface area contributed by atoms with Crippen LogP contribution in [0.2, 0.25) is 0 Å². The fourth-order valence-corrected chi connectivity index (χ4v) is 2.00. The number of aliphatic hydroxyl groups excluding tert-OH is 1. The van der Waals surface area contributed by atoms with Crippen LogP contribution < -0.4 is 10.6 Å². The van der Waals surface area contributed by atoms with E-state index >= 15 is 0 Å². The van der Waals surface area contributed by atoms with E-state index in [4.69, 9.17) is 10.8 Å². The van der Waals surface area contributed by atoms with Gasteiger partial charge >= 0.3 is 0 Å². The number of nitrogens with two attached hydrogens (primary N) is 1. The van der Waals surface area contributed by atoms with Gasteiger partial charge in [0.25, 0.3) is 0 Å². The molecule has 0 bridgehead atoms. The van der Waals surface area contributed by atoms with Gasteiger partial charge in [0.1, 0.15) is 5.82 Å². The van der Waals surface area contributed by atoms with Crippen molar-refractivity contribution in [3.63, 3.8) is 0 Å². The normalized spacial score (nSPS) is 20.9. The van der Waals surface area contributed by atoms with Crippen LogP contribution in [0, 0.1) is 5.92 Å². The quantitative estimate of drug-likeness (QED) is 0.745. The summed E-state index contributed by atoms with van der Waals surface area (Å²) >= 11 is 0. The van der Waals surface area contributed by atoms with E-state index in [1.165, 1.54) is 0 Å². The third-order valence-corrected chi connectivity index (χ3v) is 2.81. The maximum Gasteiger partial charge on any atom is 0.221 e. The van der Waals surface area contributed by atoms with Crippen molar-refractivity contribution in [3.05, 3.63) is 12.3 Å². The van der Waals surface area contributed by atoms with Crippen LogP contribution >= 0.6 is 0 Å². The number of anilines is 2. The van der Waals surface area contributed by atoms with Crippen molar-refractivity contribution in [2.45, 2.75) is 12.8 Å². The molecule has 1 atom stereocenters. The molecule has 1 saturated heterocycles. The Morgan fingerprint density at radius 2 is 2.47 bits per heavy atom. The van der Waals surface area contributed by atoms with Gasteiger partial charge in [-0.3, -0.25) is 0 Å². The average Bonchev–Trinajstić information content (AvgIpc) is 2.67. The smallest absolute Gasteiger partial charge is 0.221 e. The van der Waals surface area contributed by atoms with Crippen LogP contribution in [0.25, 0.3) is 0 Å². The first-order valence-corrected chi connectivity index (χ1v) is 5.24. The van der Waals surface area contributed by atoms with Crippen molar-refractivity contribution >= 4 is 11.8 Å². The van der Waals surface area contributed by atoms with Gasteiger partial charge < -0.3 is 15.7 Å². The minimum atomic E-state index is 0.268. The number of nitrogens with zero attached hydrogens (tertiary/aromatic N) is 3. The molecule has 5 heteroatoms. The number of aliphatic hydroxyl groups is 1. The first-order chi connectivity index (χ1) is 7.29. The molecule has 1 unspecified atom stereocenters. The summed E-state index contributed by atoms with van der Waals surface area (Å²) in [6.07, 6.45) is 3.67. The molecule has 0 saturated carbocycles. The molecular formula is C10H16N4O. The first kappa shape index (κ1) is 10.2. The zero-order valence-corrected chi connectivity index (χ0v) is 8.63. The monoisotopic (exact) mass is 208 g/mol. The molecule has 15 heavy (non-hydrogen) atoms. The Kier molecular flexibility index (Phi) is 3.01. The minimum absolute atomic E-state index is 0.268. The summed E-state index contributed by atoms with van der Waals surface area (Å²) < 4.78 is 0. The highest BCUT2D eigenvalue weighted by Crippen LogP contribution is 2.23. The fourth-order valence-electron chi connectivity index (χ4n) is 2.00. The zero-order valence-electron chi connectivity index (χ0n) is 8.63. The van der Waals surface area contributed by atoms with E-state index in [1.54, 1.807) is 6.20 Å². The van der Waals surface area contributed by atoms with E-state index in [9.17, 15) is 0 Å². The van der Waals surface area contributed by atoms with Crippen molar-refractivity contribution < 1.29 is 5.11 Å². The zero-order chi connectivity index (χ0) is 10.7. The fraction of sp³-hybridized carbons (Fsp3) is 0.600. The molecule has 1 aliphatic heterocycles. The van der Waals surface area contributed by atoms with Gasteiger partial charge in [0.15, 0.2) is 0 Å². The summed E-state index contributed by atoms with van der Waals surface area (Å²) in [4.78, 5) is 10.2. The molecule has 0 spiro atoms. The third-order valence-electron chi connectivity index (χ3n) is 2.81. The van der Waals surface area contributed by atoms with Gasteiger partial charge in [-0.25, -0.2) is 4.98 Å². The Bertz CT molecular complexity index is 331. The molecule has 0 aliphatic carbocycles. The van der Waals surface area contributed by atoms with Gasteiger partial charge in [0.05, 0.1) is 0 Å². The lowest BCUT2D eigenvalue weighted by Gasteiger charge is -2.17. The molecule has 2 rings (SSSR count). The number of nitrogen functional groups attached to an aromatic ring is 1.